The number of hydrogen-bond acceptors (Lipinski definition) is 4. The number of aromatic nitrogens is 1. The van der Waals surface area contributed by atoms with Gasteiger partial charge in [-0.05, 0) is 0 Å². The van der Waals surface area contributed by atoms with Gasteiger partial charge in [0.25, 0.3) is 0 Å². The molecule has 20 heavy (non-hydrogen) atoms. The van der Waals surface area contributed by atoms with Crippen LogP contribution < -0.4 is 10.2 Å². The van der Waals surface area contributed by atoms with Crippen LogP contribution in [0.4, 0.5) is 26.3 Å². The summed E-state index contributed by atoms with van der Waals surface area (Å²) in [6.45, 7) is 0. The quantitative estimate of drug-likeness (QED) is 0.671. The maximum atomic E-state index is 12.6. The Labute approximate surface area is 106 Å². The molecule has 0 amide bonds. The second-order valence-corrected chi connectivity index (χ2v) is 3.28. The van der Waals surface area contributed by atoms with Gasteiger partial charge in [0.15, 0.2) is 5.43 Å². The summed E-state index contributed by atoms with van der Waals surface area (Å²) in [5.41, 5.74) is -5.32. The second kappa shape index (κ2) is 5.06. The molecule has 0 radical (unpaired) electrons. The Hall–Kier alpha value is -2.20. The Morgan fingerprint density at radius 1 is 1.20 bits per heavy atom. The zero-order chi connectivity index (χ0) is 15.7. The van der Waals surface area contributed by atoms with Gasteiger partial charge in [0.2, 0.25) is 5.88 Å². The van der Waals surface area contributed by atoms with E-state index in [0.717, 1.165) is 0 Å². The lowest BCUT2D eigenvalue weighted by Crippen LogP contribution is -2.27. The number of esters is 1. The fourth-order valence-corrected chi connectivity index (χ4v) is 1.25. The van der Waals surface area contributed by atoms with Gasteiger partial charge >= 0.3 is 18.5 Å². The van der Waals surface area contributed by atoms with E-state index in [1.165, 1.54) is 4.98 Å². The van der Waals surface area contributed by atoms with Gasteiger partial charge in [0.1, 0.15) is 11.3 Å². The first-order valence-corrected chi connectivity index (χ1v) is 4.64. The maximum absolute atomic E-state index is 12.6. The van der Waals surface area contributed by atoms with Crippen molar-refractivity contribution in [1.82, 2.24) is 4.98 Å². The molecule has 0 saturated carbocycles. The number of methoxy groups -OCH3 is 1. The molecule has 0 aliphatic heterocycles. The molecule has 1 aromatic heterocycles. The molecule has 0 saturated heterocycles. The molecule has 5 nitrogen and oxygen atoms in total. The molecule has 0 spiro atoms. The molecule has 1 N–H and O–H groups in total. The van der Waals surface area contributed by atoms with Crippen LogP contribution >= 0.6 is 0 Å². The third-order valence-electron chi connectivity index (χ3n) is 1.91. The van der Waals surface area contributed by atoms with Gasteiger partial charge in [-0.25, -0.2) is 4.79 Å². The van der Waals surface area contributed by atoms with Gasteiger partial charge in [-0.2, -0.15) is 13.2 Å². The van der Waals surface area contributed by atoms with E-state index in [2.05, 4.69) is 9.47 Å². The molecule has 0 fully saturated rings. The van der Waals surface area contributed by atoms with E-state index in [1.54, 1.807) is 0 Å². The Kier molecular flexibility index (Phi) is 4.01. The third-order valence-corrected chi connectivity index (χ3v) is 1.91. The Balaban J connectivity index is 3.50. The summed E-state index contributed by atoms with van der Waals surface area (Å²) in [6, 6.07) is -0.0667. The molecule has 112 valence electrons. The summed E-state index contributed by atoms with van der Waals surface area (Å²) < 4.78 is 80.8. The van der Waals surface area contributed by atoms with Crippen molar-refractivity contribution in [3.63, 3.8) is 0 Å². The Morgan fingerprint density at radius 2 is 1.75 bits per heavy atom. The fraction of sp³-hybridized carbons (Fsp3) is 0.333. The van der Waals surface area contributed by atoms with Crippen molar-refractivity contribution in [1.29, 1.82) is 0 Å². The van der Waals surface area contributed by atoms with E-state index in [4.69, 9.17) is 0 Å². The second-order valence-electron chi connectivity index (χ2n) is 3.28. The predicted octanol–water partition coefficient (Wildman–Crippen LogP) is 2.08. The molecule has 0 unspecified atom stereocenters. The average Bonchev–Trinajstić information content (AvgIpc) is 2.22. The lowest BCUT2D eigenvalue weighted by Gasteiger charge is -2.13. The van der Waals surface area contributed by atoms with Crippen LogP contribution in [0, 0.1) is 0 Å². The first-order valence-electron chi connectivity index (χ1n) is 4.64. The topological polar surface area (TPSA) is 68.4 Å². The minimum absolute atomic E-state index is 0.0667. The number of nitrogens with one attached hydrogen (secondary N) is 1. The number of ether oxygens (including phenoxy) is 2. The van der Waals surface area contributed by atoms with E-state index >= 15 is 0 Å². The molecule has 0 aliphatic carbocycles. The largest absolute Gasteiger partial charge is 0.574 e. The molecular formula is C9H5F6NO4. The van der Waals surface area contributed by atoms with Gasteiger partial charge in [0.05, 0.1) is 7.11 Å². The van der Waals surface area contributed by atoms with Crippen LogP contribution in [0.5, 0.6) is 5.88 Å². The van der Waals surface area contributed by atoms with Crippen molar-refractivity contribution in [2.75, 3.05) is 7.11 Å². The molecule has 0 bridgehead atoms. The number of rotatable bonds is 2. The fourth-order valence-electron chi connectivity index (χ4n) is 1.25. The van der Waals surface area contributed by atoms with Crippen LogP contribution in [0.15, 0.2) is 10.9 Å². The van der Waals surface area contributed by atoms with Crippen LogP contribution in [-0.4, -0.2) is 24.4 Å². The third kappa shape index (κ3) is 3.65. The Bertz CT molecular complexity index is 573. The van der Waals surface area contributed by atoms with Crippen LogP contribution in [0.1, 0.15) is 16.1 Å². The zero-order valence-corrected chi connectivity index (χ0v) is 9.48. The first-order chi connectivity index (χ1) is 8.95. The SMILES string of the molecule is COC(=O)c1[nH]c(OC(F)(F)F)cc(=O)c1C(F)(F)F. The number of halogens is 6. The number of aromatic amines is 1. The van der Waals surface area contributed by atoms with Crippen LogP contribution in [0.3, 0.4) is 0 Å². The Morgan fingerprint density at radius 3 is 2.15 bits per heavy atom. The normalized spacial score (nSPS) is 12.2. The summed E-state index contributed by atoms with van der Waals surface area (Å²) in [5.74, 6) is -3.03. The van der Waals surface area contributed by atoms with Crippen molar-refractivity contribution in [3.05, 3.63) is 27.5 Å². The van der Waals surface area contributed by atoms with Crippen molar-refractivity contribution in [2.24, 2.45) is 0 Å². The van der Waals surface area contributed by atoms with Gasteiger partial charge in [-0.1, -0.05) is 0 Å². The number of carbonyl (C=O) groups is 1. The number of hydrogen-bond donors (Lipinski definition) is 1. The lowest BCUT2D eigenvalue weighted by atomic mass is 10.1. The number of alkyl halides is 6. The van der Waals surface area contributed by atoms with E-state index in [-0.39, 0.29) is 6.07 Å². The molecule has 0 aliphatic rings. The molecule has 0 aromatic carbocycles. The first kappa shape index (κ1) is 15.9. The van der Waals surface area contributed by atoms with Gasteiger partial charge < -0.3 is 14.5 Å². The molecule has 1 aromatic rings. The average molecular weight is 305 g/mol. The summed E-state index contributed by atoms with van der Waals surface area (Å²) in [7, 11) is 0.693. The van der Waals surface area contributed by atoms with Crippen molar-refractivity contribution in [2.45, 2.75) is 12.5 Å². The number of H-pyrrole nitrogens is 1. The van der Waals surface area contributed by atoms with E-state index in [1.807, 2.05) is 0 Å². The number of pyridine rings is 1. The molecule has 11 heteroatoms. The molecule has 0 atom stereocenters. The highest BCUT2D eigenvalue weighted by atomic mass is 19.4. The summed E-state index contributed by atoms with van der Waals surface area (Å²) in [6.07, 6.45) is -10.5. The van der Waals surface area contributed by atoms with Gasteiger partial charge in [-0.3, -0.25) is 4.79 Å². The molecule has 1 heterocycles. The van der Waals surface area contributed by atoms with Crippen molar-refractivity contribution in [3.8, 4) is 5.88 Å². The maximum Gasteiger partial charge on any atom is 0.574 e. The summed E-state index contributed by atoms with van der Waals surface area (Å²) in [5, 5.41) is 0. The van der Waals surface area contributed by atoms with E-state index in [9.17, 15) is 35.9 Å². The van der Waals surface area contributed by atoms with Crippen molar-refractivity contribution >= 4 is 5.97 Å². The van der Waals surface area contributed by atoms with Crippen LogP contribution in [0.2, 0.25) is 0 Å². The molecular weight excluding hydrogens is 300 g/mol. The highest BCUT2D eigenvalue weighted by Crippen LogP contribution is 2.30. The van der Waals surface area contributed by atoms with E-state index < -0.39 is 41.1 Å². The minimum Gasteiger partial charge on any atom is -0.464 e. The van der Waals surface area contributed by atoms with Crippen molar-refractivity contribution < 1.29 is 40.6 Å². The summed E-state index contributed by atoms with van der Waals surface area (Å²) in [4.78, 5) is 23.8. The van der Waals surface area contributed by atoms with Crippen LogP contribution in [-0.2, 0) is 10.9 Å². The predicted molar refractivity (Wildman–Crippen MR) is 50.1 cm³/mol. The molecule has 1 rings (SSSR count). The highest BCUT2D eigenvalue weighted by Gasteiger charge is 2.40. The number of carbonyl (C=O) groups excluding carboxylic acids is 1. The van der Waals surface area contributed by atoms with Gasteiger partial charge in [-0.15, -0.1) is 13.2 Å². The summed E-state index contributed by atoms with van der Waals surface area (Å²) >= 11 is 0. The zero-order valence-electron chi connectivity index (χ0n) is 9.48. The van der Waals surface area contributed by atoms with Crippen LogP contribution in [0.25, 0.3) is 0 Å². The standard InChI is InChI=1S/C9H5F6NO4/c1-19-7(18)6-5(8(10,11)12)3(17)2-4(16-6)20-9(13,14)15/h2H,1H3,(H,16,17). The van der Waals surface area contributed by atoms with E-state index in [0.29, 0.717) is 7.11 Å². The smallest absolute Gasteiger partial charge is 0.464 e. The lowest BCUT2D eigenvalue weighted by molar-refractivity contribution is -0.276. The highest BCUT2D eigenvalue weighted by molar-refractivity contribution is 5.89. The minimum atomic E-state index is -5.26. The van der Waals surface area contributed by atoms with Gasteiger partial charge in [0, 0.05) is 6.07 Å². The monoisotopic (exact) mass is 305 g/mol.